The summed E-state index contributed by atoms with van der Waals surface area (Å²) in [7, 11) is 0. The molecular weight excluding hydrogens is 231 g/mol. The number of piperidine rings is 3. The smallest absolute Gasteiger partial charge is 0.195 e. The van der Waals surface area contributed by atoms with E-state index in [2.05, 4.69) is 17.0 Å². The highest BCUT2D eigenvalue weighted by Gasteiger charge is 2.33. The Hall–Kier alpha value is -1.16. The van der Waals surface area contributed by atoms with Crippen LogP contribution in [0.2, 0.25) is 0 Å². The van der Waals surface area contributed by atoms with E-state index >= 15 is 0 Å². The first-order valence-corrected chi connectivity index (χ1v) is 6.84. The van der Waals surface area contributed by atoms with Gasteiger partial charge in [0.1, 0.15) is 0 Å². The lowest BCUT2D eigenvalue weighted by atomic mass is 9.83. The van der Waals surface area contributed by atoms with Crippen LogP contribution < -0.4 is 0 Å². The van der Waals surface area contributed by atoms with Crippen LogP contribution in [0.5, 0.6) is 0 Å². The highest BCUT2D eigenvalue weighted by molar-refractivity contribution is 5.59. The Kier molecular flexibility index (Phi) is 3.20. The lowest BCUT2D eigenvalue weighted by Gasteiger charge is -2.40. The first-order valence-electron chi connectivity index (χ1n) is 6.84. The van der Waals surface area contributed by atoms with Gasteiger partial charge in [0.05, 0.1) is 5.69 Å². The molecule has 4 rings (SSSR count). The van der Waals surface area contributed by atoms with Gasteiger partial charge in [0.25, 0.3) is 0 Å². The fraction of sp³-hybridized carbons (Fsp3) is 0.643. The monoisotopic (exact) mass is 250 g/mol. The molecule has 3 aliphatic rings. The van der Waals surface area contributed by atoms with Crippen LogP contribution in [-0.4, -0.2) is 29.7 Å². The van der Waals surface area contributed by atoms with E-state index in [4.69, 9.17) is 4.52 Å². The van der Waals surface area contributed by atoms with Gasteiger partial charge < -0.3 is 4.52 Å². The number of fused-ring (bicyclic) bond motifs is 3. The molecule has 1 aromatic rings. The van der Waals surface area contributed by atoms with Gasteiger partial charge in [-0.15, -0.1) is 0 Å². The van der Waals surface area contributed by atoms with Gasteiger partial charge in [0.2, 0.25) is 0 Å². The van der Waals surface area contributed by atoms with Crippen molar-refractivity contribution in [3.05, 3.63) is 23.1 Å². The van der Waals surface area contributed by atoms with Crippen molar-refractivity contribution in [2.45, 2.75) is 32.6 Å². The van der Waals surface area contributed by atoms with Gasteiger partial charge in [-0.05, 0) is 43.8 Å². The van der Waals surface area contributed by atoms with Crippen LogP contribution in [0, 0.1) is 5.92 Å². The number of hydrogen-bond acceptors (Lipinski definition) is 3. The number of aromatic nitrogens is 1. The summed E-state index contributed by atoms with van der Waals surface area (Å²) in [6.07, 6.45) is 4.01. The largest absolute Gasteiger partial charge is 0.354 e. The number of aryl methyl sites for hydroxylation is 1. The molecule has 0 saturated carbocycles. The van der Waals surface area contributed by atoms with Crippen LogP contribution in [0.4, 0.5) is 4.39 Å². The summed E-state index contributed by atoms with van der Waals surface area (Å²) in [5.74, 6) is 0.566. The highest BCUT2D eigenvalue weighted by Crippen LogP contribution is 2.37. The third-order valence-corrected chi connectivity index (χ3v) is 4.04. The average Bonchev–Trinajstić information content (AvgIpc) is 2.88. The Morgan fingerprint density at radius 1 is 1.50 bits per heavy atom. The lowest BCUT2D eigenvalue weighted by molar-refractivity contribution is 0.160. The van der Waals surface area contributed by atoms with E-state index in [1.165, 1.54) is 0 Å². The van der Waals surface area contributed by atoms with Gasteiger partial charge in [0.15, 0.2) is 11.6 Å². The Labute approximate surface area is 107 Å². The van der Waals surface area contributed by atoms with E-state index in [-0.39, 0.29) is 5.83 Å². The summed E-state index contributed by atoms with van der Waals surface area (Å²) in [5.41, 5.74) is 1.77. The molecule has 3 fully saturated rings. The Morgan fingerprint density at radius 2 is 2.28 bits per heavy atom. The maximum absolute atomic E-state index is 14.5. The molecule has 3 aliphatic heterocycles. The number of halogens is 1. The molecule has 0 unspecified atom stereocenters. The predicted molar refractivity (Wildman–Crippen MR) is 67.7 cm³/mol. The molecule has 0 spiro atoms. The molecule has 18 heavy (non-hydrogen) atoms. The van der Waals surface area contributed by atoms with Gasteiger partial charge in [-0.3, -0.25) is 4.90 Å². The van der Waals surface area contributed by atoms with E-state index < -0.39 is 0 Å². The fourth-order valence-electron chi connectivity index (χ4n) is 3.01. The number of hydrogen-bond donors (Lipinski definition) is 0. The summed E-state index contributed by atoms with van der Waals surface area (Å²) in [6, 6.07) is 1.75. The minimum atomic E-state index is -0.167. The van der Waals surface area contributed by atoms with Crippen LogP contribution in [0.3, 0.4) is 0 Å². The first kappa shape index (κ1) is 11.9. The van der Waals surface area contributed by atoms with Gasteiger partial charge in [-0.2, -0.15) is 0 Å². The molecule has 0 amide bonds. The SMILES string of the molecule is CCCc1cc(/C(F)=C2\CN3CCC2CC3)on1. The van der Waals surface area contributed by atoms with Crippen LogP contribution in [0.1, 0.15) is 37.6 Å². The van der Waals surface area contributed by atoms with Gasteiger partial charge >= 0.3 is 0 Å². The summed E-state index contributed by atoms with van der Waals surface area (Å²) in [5, 5.41) is 3.92. The highest BCUT2D eigenvalue weighted by atomic mass is 19.1. The van der Waals surface area contributed by atoms with Crippen molar-refractivity contribution in [3.8, 4) is 0 Å². The predicted octanol–water partition coefficient (Wildman–Crippen LogP) is 3.03. The van der Waals surface area contributed by atoms with Crippen LogP contribution in [0.15, 0.2) is 16.2 Å². The van der Waals surface area contributed by atoms with E-state index in [0.29, 0.717) is 11.7 Å². The zero-order chi connectivity index (χ0) is 12.5. The lowest BCUT2D eigenvalue weighted by Crippen LogP contribution is -2.43. The number of rotatable bonds is 3. The summed E-state index contributed by atoms with van der Waals surface area (Å²) < 4.78 is 19.6. The topological polar surface area (TPSA) is 29.3 Å². The maximum atomic E-state index is 14.5. The average molecular weight is 250 g/mol. The van der Waals surface area contributed by atoms with Crippen LogP contribution >= 0.6 is 0 Å². The molecule has 2 bridgehead atoms. The number of nitrogens with zero attached hydrogens (tertiary/aromatic N) is 2. The van der Waals surface area contributed by atoms with Crippen molar-refractivity contribution >= 4 is 5.83 Å². The summed E-state index contributed by atoms with van der Waals surface area (Å²) in [4.78, 5) is 2.32. The summed E-state index contributed by atoms with van der Waals surface area (Å²) in [6.45, 7) is 5.06. The Morgan fingerprint density at radius 3 is 2.89 bits per heavy atom. The van der Waals surface area contributed by atoms with Gasteiger partial charge in [-0.1, -0.05) is 18.5 Å². The minimum Gasteiger partial charge on any atom is -0.354 e. The first-order chi connectivity index (χ1) is 8.78. The van der Waals surface area contributed by atoms with Crippen LogP contribution in [-0.2, 0) is 6.42 Å². The van der Waals surface area contributed by atoms with Crippen molar-refractivity contribution in [3.63, 3.8) is 0 Å². The van der Waals surface area contributed by atoms with Gasteiger partial charge in [-0.25, -0.2) is 4.39 Å². The zero-order valence-electron chi connectivity index (χ0n) is 10.8. The molecular formula is C14H19FN2O. The standard InChI is InChI=1S/C14H19FN2O/c1-2-3-11-8-13(18-16-11)14(15)12-9-17-6-4-10(12)5-7-17/h8,10H,2-7,9H2,1H3/b14-12-. The quantitative estimate of drug-likeness (QED) is 0.825. The third kappa shape index (κ3) is 2.09. The zero-order valence-corrected chi connectivity index (χ0v) is 10.8. The fourth-order valence-corrected chi connectivity index (χ4v) is 3.01. The van der Waals surface area contributed by atoms with E-state index in [1.54, 1.807) is 6.07 Å². The van der Waals surface area contributed by atoms with Crippen LogP contribution in [0.25, 0.3) is 5.83 Å². The Balaban J connectivity index is 1.85. The normalized spacial score (nSPS) is 29.7. The van der Waals surface area contributed by atoms with Crippen molar-refractivity contribution in [1.82, 2.24) is 10.1 Å². The van der Waals surface area contributed by atoms with E-state index in [0.717, 1.165) is 56.6 Å². The molecule has 0 aliphatic carbocycles. The molecule has 3 saturated heterocycles. The molecule has 3 nitrogen and oxygen atoms in total. The van der Waals surface area contributed by atoms with Crippen molar-refractivity contribution in [2.75, 3.05) is 19.6 Å². The molecule has 4 heterocycles. The molecule has 4 heteroatoms. The van der Waals surface area contributed by atoms with Crippen molar-refractivity contribution in [1.29, 1.82) is 0 Å². The van der Waals surface area contributed by atoms with Gasteiger partial charge in [0, 0.05) is 12.6 Å². The molecule has 0 atom stereocenters. The second-order valence-corrected chi connectivity index (χ2v) is 5.32. The van der Waals surface area contributed by atoms with E-state index in [9.17, 15) is 4.39 Å². The molecule has 0 aromatic carbocycles. The van der Waals surface area contributed by atoms with Crippen molar-refractivity contribution in [2.24, 2.45) is 5.92 Å². The molecule has 98 valence electrons. The molecule has 1 aromatic heterocycles. The molecule has 0 N–H and O–H groups in total. The Bertz CT molecular complexity index is 458. The summed E-state index contributed by atoms with van der Waals surface area (Å²) >= 11 is 0. The minimum absolute atomic E-state index is 0.167. The maximum Gasteiger partial charge on any atom is 0.195 e. The van der Waals surface area contributed by atoms with Crippen molar-refractivity contribution < 1.29 is 8.91 Å². The molecule has 0 radical (unpaired) electrons. The third-order valence-electron chi connectivity index (χ3n) is 4.04. The van der Waals surface area contributed by atoms with E-state index in [1.807, 2.05) is 0 Å². The second-order valence-electron chi connectivity index (χ2n) is 5.32. The second kappa shape index (κ2) is 4.84.